The Bertz CT molecular complexity index is 584. The van der Waals surface area contributed by atoms with E-state index in [-0.39, 0.29) is 0 Å². The van der Waals surface area contributed by atoms with Crippen LogP contribution in [-0.2, 0) is 10.0 Å². The molecule has 0 radical (unpaired) electrons. The van der Waals surface area contributed by atoms with Gasteiger partial charge in [0.15, 0.2) is 5.96 Å². The second kappa shape index (κ2) is 7.16. The predicted octanol–water partition coefficient (Wildman–Crippen LogP) is 0.376. The highest BCUT2D eigenvalue weighted by atomic mass is 32.2. The van der Waals surface area contributed by atoms with Gasteiger partial charge in [0.1, 0.15) is 12.4 Å². The predicted molar refractivity (Wildman–Crippen MR) is 83.3 cm³/mol. The summed E-state index contributed by atoms with van der Waals surface area (Å²) in [6.07, 6.45) is 2.18. The van der Waals surface area contributed by atoms with Crippen molar-refractivity contribution in [2.24, 2.45) is 4.99 Å². The maximum Gasteiger partial charge on any atom is 0.229 e. The van der Waals surface area contributed by atoms with Crippen LogP contribution in [-0.4, -0.2) is 46.9 Å². The highest BCUT2D eigenvalue weighted by molar-refractivity contribution is 7.92. The summed E-state index contributed by atoms with van der Waals surface area (Å²) in [6.45, 7) is 2.95. The zero-order chi connectivity index (χ0) is 15.1. The number of nitrogens with zero attached hydrogens (tertiary/aromatic N) is 1. The van der Waals surface area contributed by atoms with Crippen molar-refractivity contribution in [2.75, 3.05) is 37.2 Å². The van der Waals surface area contributed by atoms with Gasteiger partial charge in [0.05, 0.1) is 12.8 Å². The van der Waals surface area contributed by atoms with Crippen LogP contribution in [0.4, 0.5) is 5.69 Å². The van der Waals surface area contributed by atoms with E-state index in [1.165, 1.54) is 0 Å². The molecule has 8 heteroatoms. The van der Waals surface area contributed by atoms with Crippen LogP contribution in [0.3, 0.4) is 0 Å². The molecule has 0 bridgehead atoms. The molecule has 1 heterocycles. The summed E-state index contributed by atoms with van der Waals surface area (Å²) in [6, 6.07) is 6.78. The van der Waals surface area contributed by atoms with Gasteiger partial charge in [-0.2, -0.15) is 0 Å². The van der Waals surface area contributed by atoms with Crippen molar-refractivity contribution in [3.05, 3.63) is 24.3 Å². The summed E-state index contributed by atoms with van der Waals surface area (Å²) < 4.78 is 30.1. The Morgan fingerprint density at radius 1 is 1.33 bits per heavy atom. The molecule has 0 aliphatic carbocycles. The number of hydrogen-bond acceptors (Lipinski definition) is 6. The van der Waals surface area contributed by atoms with Gasteiger partial charge in [0.2, 0.25) is 10.0 Å². The van der Waals surface area contributed by atoms with Crippen molar-refractivity contribution in [3.63, 3.8) is 0 Å². The van der Waals surface area contributed by atoms with E-state index in [1.54, 1.807) is 24.3 Å². The molecule has 116 valence electrons. The van der Waals surface area contributed by atoms with Crippen LogP contribution in [0, 0.1) is 0 Å². The molecule has 0 spiro atoms. The van der Waals surface area contributed by atoms with Crippen molar-refractivity contribution in [1.82, 2.24) is 10.6 Å². The highest BCUT2D eigenvalue weighted by Gasteiger charge is 2.03. The SMILES string of the molecule is CS(=O)(=O)Nc1ccc(OCCNC2=NCCCN2)cc1. The van der Waals surface area contributed by atoms with Gasteiger partial charge in [-0.3, -0.25) is 9.71 Å². The average Bonchev–Trinajstić information content (AvgIpc) is 2.45. The normalized spacial score (nSPS) is 14.8. The number of sulfonamides is 1. The number of benzene rings is 1. The molecule has 0 saturated heterocycles. The molecular formula is C13H20N4O3S. The van der Waals surface area contributed by atoms with E-state index < -0.39 is 10.0 Å². The number of rotatable bonds is 6. The van der Waals surface area contributed by atoms with Crippen LogP contribution in [0.1, 0.15) is 6.42 Å². The first-order valence-electron chi connectivity index (χ1n) is 6.76. The van der Waals surface area contributed by atoms with Crippen LogP contribution < -0.4 is 20.1 Å². The first kappa shape index (κ1) is 15.4. The third kappa shape index (κ3) is 5.90. The standard InChI is InChI=1S/C13H20N4O3S/c1-21(18,19)17-11-3-5-12(6-4-11)20-10-9-16-13-14-7-2-8-15-13/h3-6,17H,2,7-10H2,1H3,(H2,14,15,16). The summed E-state index contributed by atoms with van der Waals surface area (Å²) in [5.74, 6) is 1.51. The van der Waals surface area contributed by atoms with Gasteiger partial charge in [0, 0.05) is 18.8 Å². The number of ether oxygens (including phenoxy) is 1. The molecular weight excluding hydrogens is 292 g/mol. The molecule has 7 nitrogen and oxygen atoms in total. The van der Waals surface area contributed by atoms with Gasteiger partial charge in [-0.05, 0) is 30.7 Å². The molecule has 3 N–H and O–H groups in total. The monoisotopic (exact) mass is 312 g/mol. The number of anilines is 1. The lowest BCUT2D eigenvalue weighted by Crippen LogP contribution is -2.42. The van der Waals surface area contributed by atoms with Crippen LogP contribution in [0.25, 0.3) is 0 Å². The van der Waals surface area contributed by atoms with Gasteiger partial charge in [0.25, 0.3) is 0 Å². The van der Waals surface area contributed by atoms with E-state index in [9.17, 15) is 8.42 Å². The fourth-order valence-corrected chi connectivity index (χ4v) is 2.39. The fourth-order valence-electron chi connectivity index (χ4n) is 1.82. The molecule has 0 unspecified atom stereocenters. The third-order valence-corrected chi connectivity index (χ3v) is 3.32. The molecule has 1 aliphatic rings. The highest BCUT2D eigenvalue weighted by Crippen LogP contribution is 2.16. The van der Waals surface area contributed by atoms with E-state index in [2.05, 4.69) is 20.3 Å². The molecule has 1 aliphatic heterocycles. The van der Waals surface area contributed by atoms with E-state index in [0.717, 1.165) is 31.7 Å². The number of guanidine groups is 1. The van der Waals surface area contributed by atoms with Gasteiger partial charge in [-0.1, -0.05) is 0 Å². The summed E-state index contributed by atoms with van der Waals surface area (Å²) >= 11 is 0. The van der Waals surface area contributed by atoms with Crippen molar-refractivity contribution < 1.29 is 13.2 Å². The van der Waals surface area contributed by atoms with E-state index in [0.29, 0.717) is 24.6 Å². The lowest BCUT2D eigenvalue weighted by atomic mass is 10.3. The molecule has 2 rings (SSSR count). The van der Waals surface area contributed by atoms with E-state index in [1.807, 2.05) is 0 Å². The molecule has 1 aromatic carbocycles. The smallest absolute Gasteiger partial charge is 0.229 e. The van der Waals surface area contributed by atoms with Crippen LogP contribution in [0.2, 0.25) is 0 Å². The maximum absolute atomic E-state index is 11.1. The zero-order valence-corrected chi connectivity index (χ0v) is 12.7. The van der Waals surface area contributed by atoms with Crippen LogP contribution >= 0.6 is 0 Å². The largest absolute Gasteiger partial charge is 0.492 e. The summed E-state index contributed by atoms with van der Waals surface area (Å²) in [5.41, 5.74) is 0.517. The molecule has 0 atom stereocenters. The zero-order valence-electron chi connectivity index (χ0n) is 11.9. The average molecular weight is 312 g/mol. The maximum atomic E-state index is 11.1. The Labute approximate surface area is 124 Å². The lowest BCUT2D eigenvalue weighted by Gasteiger charge is -2.16. The third-order valence-electron chi connectivity index (χ3n) is 2.72. The minimum absolute atomic E-state index is 0.500. The molecule has 0 fully saturated rings. The molecule has 0 aromatic heterocycles. The van der Waals surface area contributed by atoms with E-state index >= 15 is 0 Å². The summed E-state index contributed by atoms with van der Waals surface area (Å²) in [5, 5.41) is 6.32. The minimum atomic E-state index is -3.24. The Balaban J connectivity index is 1.72. The summed E-state index contributed by atoms with van der Waals surface area (Å²) in [4.78, 5) is 4.29. The first-order chi connectivity index (χ1) is 10.0. The molecule has 1 aromatic rings. The molecule has 21 heavy (non-hydrogen) atoms. The fraction of sp³-hybridized carbons (Fsp3) is 0.462. The Morgan fingerprint density at radius 2 is 2.10 bits per heavy atom. The second-order valence-electron chi connectivity index (χ2n) is 4.68. The molecule has 0 amide bonds. The van der Waals surface area contributed by atoms with Crippen molar-refractivity contribution in [2.45, 2.75) is 6.42 Å². The number of hydrogen-bond donors (Lipinski definition) is 3. The van der Waals surface area contributed by atoms with E-state index in [4.69, 9.17) is 4.74 Å². The van der Waals surface area contributed by atoms with Crippen molar-refractivity contribution >= 4 is 21.7 Å². The Kier molecular flexibility index (Phi) is 5.26. The van der Waals surface area contributed by atoms with Crippen LogP contribution in [0.15, 0.2) is 29.3 Å². The van der Waals surface area contributed by atoms with Gasteiger partial charge in [-0.15, -0.1) is 0 Å². The lowest BCUT2D eigenvalue weighted by molar-refractivity contribution is 0.322. The van der Waals surface area contributed by atoms with Crippen molar-refractivity contribution in [1.29, 1.82) is 0 Å². The molecule has 0 saturated carbocycles. The topological polar surface area (TPSA) is 91.8 Å². The number of aliphatic imine (C=N–C) groups is 1. The van der Waals surface area contributed by atoms with Gasteiger partial charge in [-0.25, -0.2) is 8.42 Å². The van der Waals surface area contributed by atoms with Crippen molar-refractivity contribution in [3.8, 4) is 5.75 Å². The Morgan fingerprint density at radius 3 is 2.71 bits per heavy atom. The van der Waals surface area contributed by atoms with Crippen LogP contribution in [0.5, 0.6) is 5.75 Å². The van der Waals surface area contributed by atoms with Gasteiger partial charge < -0.3 is 15.4 Å². The minimum Gasteiger partial charge on any atom is -0.492 e. The number of nitrogens with one attached hydrogen (secondary N) is 3. The quantitative estimate of drug-likeness (QED) is 0.660. The first-order valence-corrected chi connectivity index (χ1v) is 8.65. The Hall–Kier alpha value is -1.96. The van der Waals surface area contributed by atoms with Gasteiger partial charge >= 0.3 is 0 Å². The summed E-state index contributed by atoms with van der Waals surface area (Å²) in [7, 11) is -3.24. The second-order valence-corrected chi connectivity index (χ2v) is 6.43.